The lowest BCUT2D eigenvalue weighted by molar-refractivity contribution is -0.146. The van der Waals surface area contributed by atoms with Gasteiger partial charge < -0.3 is 9.84 Å². The molecule has 0 aromatic heterocycles. The third-order valence-electron chi connectivity index (χ3n) is 3.79. The van der Waals surface area contributed by atoms with Gasteiger partial charge in [-0.2, -0.15) is 0 Å². The summed E-state index contributed by atoms with van der Waals surface area (Å²) in [6.07, 6.45) is 3.43. The van der Waals surface area contributed by atoms with Gasteiger partial charge in [-0.1, -0.05) is 12.5 Å². The summed E-state index contributed by atoms with van der Waals surface area (Å²) in [6, 6.07) is 5.93. The summed E-state index contributed by atoms with van der Waals surface area (Å²) >= 11 is 0. The smallest absolute Gasteiger partial charge is 0.310 e. The van der Waals surface area contributed by atoms with Gasteiger partial charge in [-0.05, 0) is 56.4 Å². The molecule has 0 heterocycles. The van der Waals surface area contributed by atoms with Crippen LogP contribution in [-0.4, -0.2) is 17.2 Å². The molecule has 0 aliphatic heterocycles. The quantitative estimate of drug-likeness (QED) is 0.892. The average molecular weight is 248 g/mol. The minimum absolute atomic E-state index is 0.182. The van der Waals surface area contributed by atoms with Gasteiger partial charge in [0.15, 0.2) is 0 Å². The lowest BCUT2D eigenvalue weighted by Gasteiger charge is -2.29. The molecule has 18 heavy (non-hydrogen) atoms. The number of carboxylic acids is 1. The molecule has 0 spiro atoms. The fourth-order valence-corrected chi connectivity index (χ4v) is 2.48. The van der Waals surface area contributed by atoms with Crippen molar-refractivity contribution in [2.75, 3.05) is 0 Å². The standard InChI is InChI=1S/C15H20O3/c1-10-7-8-12(9-11(10)2)18-14-6-4-3-5-13(14)15(16)17/h7-9,13-14H,3-6H2,1-2H3,(H,16,17). The molecule has 1 aromatic carbocycles. The zero-order valence-electron chi connectivity index (χ0n) is 11.0. The largest absolute Gasteiger partial charge is 0.490 e. The molecule has 2 rings (SSSR count). The number of rotatable bonds is 3. The third-order valence-corrected chi connectivity index (χ3v) is 3.79. The second kappa shape index (κ2) is 5.42. The topological polar surface area (TPSA) is 46.5 Å². The lowest BCUT2D eigenvalue weighted by atomic mass is 9.86. The van der Waals surface area contributed by atoms with E-state index in [1.807, 2.05) is 25.1 Å². The highest BCUT2D eigenvalue weighted by atomic mass is 16.5. The number of carboxylic acid groups (broad SMARTS) is 1. The first-order valence-corrected chi connectivity index (χ1v) is 6.54. The molecule has 1 N–H and O–H groups in total. The second-order valence-corrected chi connectivity index (χ2v) is 5.13. The Balaban J connectivity index is 2.10. The Labute approximate surface area is 108 Å². The van der Waals surface area contributed by atoms with Gasteiger partial charge in [-0.15, -0.1) is 0 Å². The highest BCUT2D eigenvalue weighted by Crippen LogP contribution is 2.29. The van der Waals surface area contributed by atoms with E-state index in [9.17, 15) is 9.90 Å². The highest BCUT2D eigenvalue weighted by Gasteiger charge is 2.32. The van der Waals surface area contributed by atoms with Gasteiger partial charge in [0.2, 0.25) is 0 Å². The van der Waals surface area contributed by atoms with Crippen LogP contribution in [0.25, 0.3) is 0 Å². The molecular weight excluding hydrogens is 228 g/mol. The predicted molar refractivity (Wildman–Crippen MR) is 69.9 cm³/mol. The number of ether oxygens (including phenoxy) is 1. The van der Waals surface area contributed by atoms with E-state index in [4.69, 9.17) is 4.74 Å². The summed E-state index contributed by atoms with van der Waals surface area (Å²) in [5.74, 6) is -0.305. The molecule has 0 bridgehead atoms. The summed E-state index contributed by atoms with van der Waals surface area (Å²) in [7, 11) is 0. The first-order chi connectivity index (χ1) is 8.58. The zero-order chi connectivity index (χ0) is 13.1. The van der Waals surface area contributed by atoms with E-state index in [0.29, 0.717) is 0 Å². The molecule has 0 radical (unpaired) electrons. The molecule has 2 atom stereocenters. The molecule has 1 fully saturated rings. The van der Waals surface area contributed by atoms with Crippen molar-refractivity contribution in [2.24, 2.45) is 5.92 Å². The van der Waals surface area contributed by atoms with Crippen molar-refractivity contribution in [1.29, 1.82) is 0 Å². The van der Waals surface area contributed by atoms with Crippen molar-refractivity contribution in [1.82, 2.24) is 0 Å². The Hall–Kier alpha value is -1.51. The van der Waals surface area contributed by atoms with Gasteiger partial charge in [-0.3, -0.25) is 4.79 Å². The molecule has 3 heteroatoms. The average Bonchev–Trinajstić information content (AvgIpc) is 2.34. The second-order valence-electron chi connectivity index (χ2n) is 5.13. The van der Waals surface area contributed by atoms with Crippen LogP contribution in [0.3, 0.4) is 0 Å². The van der Waals surface area contributed by atoms with E-state index in [2.05, 4.69) is 6.92 Å². The van der Waals surface area contributed by atoms with Crippen molar-refractivity contribution in [3.05, 3.63) is 29.3 Å². The van der Waals surface area contributed by atoms with Gasteiger partial charge in [0, 0.05) is 0 Å². The zero-order valence-corrected chi connectivity index (χ0v) is 11.0. The van der Waals surface area contributed by atoms with Crippen molar-refractivity contribution >= 4 is 5.97 Å². The maximum absolute atomic E-state index is 11.2. The first-order valence-electron chi connectivity index (χ1n) is 6.54. The van der Waals surface area contributed by atoms with Crippen molar-refractivity contribution in [3.63, 3.8) is 0 Å². The van der Waals surface area contributed by atoms with E-state index in [1.54, 1.807) is 0 Å². The lowest BCUT2D eigenvalue weighted by Crippen LogP contribution is -2.35. The van der Waals surface area contributed by atoms with E-state index in [1.165, 1.54) is 11.1 Å². The van der Waals surface area contributed by atoms with Crippen LogP contribution in [0.15, 0.2) is 18.2 Å². The van der Waals surface area contributed by atoms with Crippen LogP contribution in [-0.2, 0) is 4.79 Å². The number of benzene rings is 1. The van der Waals surface area contributed by atoms with E-state index >= 15 is 0 Å². The number of aryl methyl sites for hydroxylation is 2. The number of hydrogen-bond donors (Lipinski definition) is 1. The Bertz CT molecular complexity index is 439. The van der Waals surface area contributed by atoms with Crippen molar-refractivity contribution in [2.45, 2.75) is 45.6 Å². The van der Waals surface area contributed by atoms with E-state index in [0.717, 1.165) is 31.4 Å². The van der Waals surface area contributed by atoms with E-state index < -0.39 is 5.97 Å². The Kier molecular flexibility index (Phi) is 3.90. The monoisotopic (exact) mass is 248 g/mol. The summed E-state index contributed by atoms with van der Waals surface area (Å²) in [5, 5.41) is 9.21. The van der Waals surface area contributed by atoms with Crippen molar-refractivity contribution in [3.8, 4) is 5.75 Å². The highest BCUT2D eigenvalue weighted by molar-refractivity contribution is 5.70. The van der Waals surface area contributed by atoms with Crippen LogP contribution >= 0.6 is 0 Å². The molecule has 0 amide bonds. The Morgan fingerprint density at radius 1 is 1.22 bits per heavy atom. The SMILES string of the molecule is Cc1ccc(OC2CCCCC2C(=O)O)cc1C. The normalized spacial score (nSPS) is 23.7. The third kappa shape index (κ3) is 2.84. The molecule has 1 aromatic rings. The van der Waals surface area contributed by atoms with Crippen LogP contribution < -0.4 is 4.74 Å². The summed E-state index contributed by atoms with van der Waals surface area (Å²) in [5.41, 5.74) is 2.40. The maximum Gasteiger partial charge on any atom is 0.310 e. The fraction of sp³-hybridized carbons (Fsp3) is 0.533. The van der Waals surface area contributed by atoms with Gasteiger partial charge in [0.25, 0.3) is 0 Å². The Morgan fingerprint density at radius 3 is 2.61 bits per heavy atom. The van der Waals surface area contributed by atoms with Gasteiger partial charge >= 0.3 is 5.97 Å². The molecular formula is C15H20O3. The van der Waals surface area contributed by atoms with Gasteiger partial charge in [0.1, 0.15) is 11.9 Å². The number of aliphatic carboxylic acids is 1. The molecule has 1 saturated carbocycles. The molecule has 1 aliphatic carbocycles. The van der Waals surface area contributed by atoms with Crippen LogP contribution in [0.5, 0.6) is 5.75 Å². The summed E-state index contributed by atoms with van der Waals surface area (Å²) in [4.78, 5) is 11.2. The molecule has 1 aliphatic rings. The fourth-order valence-electron chi connectivity index (χ4n) is 2.48. The predicted octanol–water partition coefficient (Wildman–Crippen LogP) is 3.33. The first kappa shape index (κ1) is 12.9. The molecule has 3 nitrogen and oxygen atoms in total. The summed E-state index contributed by atoms with van der Waals surface area (Å²) in [6.45, 7) is 4.09. The van der Waals surface area contributed by atoms with Gasteiger partial charge in [0.05, 0.1) is 5.92 Å². The summed E-state index contributed by atoms with van der Waals surface area (Å²) < 4.78 is 5.88. The van der Waals surface area contributed by atoms with Crippen molar-refractivity contribution < 1.29 is 14.6 Å². The molecule has 98 valence electrons. The van der Waals surface area contributed by atoms with Crippen LogP contribution in [0.2, 0.25) is 0 Å². The minimum atomic E-state index is -0.733. The van der Waals surface area contributed by atoms with Crippen LogP contribution in [0.1, 0.15) is 36.8 Å². The molecule has 0 saturated heterocycles. The minimum Gasteiger partial charge on any atom is -0.490 e. The maximum atomic E-state index is 11.2. The van der Waals surface area contributed by atoms with E-state index in [-0.39, 0.29) is 12.0 Å². The van der Waals surface area contributed by atoms with Crippen LogP contribution in [0, 0.1) is 19.8 Å². The number of carbonyl (C=O) groups is 1. The number of hydrogen-bond acceptors (Lipinski definition) is 2. The van der Waals surface area contributed by atoms with Crippen LogP contribution in [0.4, 0.5) is 0 Å². The van der Waals surface area contributed by atoms with Gasteiger partial charge in [-0.25, -0.2) is 0 Å². The molecule has 2 unspecified atom stereocenters. The Morgan fingerprint density at radius 2 is 1.94 bits per heavy atom.